The van der Waals surface area contributed by atoms with Crippen molar-refractivity contribution in [2.24, 2.45) is 0 Å². The quantitative estimate of drug-likeness (QED) is 0.609. The zero-order valence-corrected chi connectivity index (χ0v) is 14.5. The Morgan fingerprint density at radius 2 is 2.12 bits per heavy atom. The molecule has 5 nitrogen and oxygen atoms in total. The first-order valence-electron chi connectivity index (χ1n) is 8.89. The summed E-state index contributed by atoms with van der Waals surface area (Å²) in [7, 11) is 0. The number of aromatic amines is 1. The van der Waals surface area contributed by atoms with Crippen LogP contribution in [0.5, 0.6) is 5.88 Å². The zero-order valence-electron chi connectivity index (χ0n) is 14.5. The Balaban J connectivity index is 1.78. The lowest BCUT2D eigenvalue weighted by atomic mass is 9.91. The fraction of sp³-hybridized carbons (Fsp3) is 0.238. The lowest BCUT2D eigenvalue weighted by Gasteiger charge is -2.23. The summed E-state index contributed by atoms with van der Waals surface area (Å²) in [5.74, 6) is 0.843. The van der Waals surface area contributed by atoms with Gasteiger partial charge in [0.1, 0.15) is 6.61 Å². The molecule has 130 valence electrons. The summed E-state index contributed by atoms with van der Waals surface area (Å²) < 4.78 is 5.84. The number of allylic oxidation sites excluding steroid dienone is 1. The standard InChI is InChI=1S/C21H19N3O2/c1-12-7-8-26-18-6-5-13-3-2-4-15(19(13)24-18)17-10-16-20(23-17)14(9-12)11-22-21(16)25/h2-7,10,14,23H,8-9,11H2,1H3,(H,22,25). The summed E-state index contributed by atoms with van der Waals surface area (Å²) in [6.45, 7) is 3.25. The molecule has 0 fully saturated rings. The number of nitrogens with one attached hydrogen (secondary N) is 2. The number of nitrogens with zero attached hydrogens (tertiary/aromatic N) is 1. The molecule has 1 amide bonds. The lowest BCUT2D eigenvalue weighted by molar-refractivity contribution is 0.0940. The molecule has 3 aromatic rings. The summed E-state index contributed by atoms with van der Waals surface area (Å²) in [6.07, 6.45) is 2.97. The van der Waals surface area contributed by atoms with E-state index in [2.05, 4.69) is 23.3 Å². The average molecular weight is 345 g/mol. The molecule has 0 saturated carbocycles. The van der Waals surface area contributed by atoms with Crippen LogP contribution in [0, 0.1) is 0 Å². The van der Waals surface area contributed by atoms with Gasteiger partial charge in [0.25, 0.3) is 5.91 Å². The van der Waals surface area contributed by atoms with E-state index >= 15 is 0 Å². The maximum absolute atomic E-state index is 12.4. The van der Waals surface area contributed by atoms with Gasteiger partial charge >= 0.3 is 0 Å². The number of para-hydroxylation sites is 1. The monoisotopic (exact) mass is 345 g/mol. The number of H-pyrrole nitrogens is 1. The smallest absolute Gasteiger partial charge is 0.253 e. The van der Waals surface area contributed by atoms with E-state index in [0.29, 0.717) is 19.0 Å². The predicted molar refractivity (Wildman–Crippen MR) is 100 cm³/mol. The second-order valence-corrected chi connectivity index (χ2v) is 7.01. The first-order chi connectivity index (χ1) is 12.7. The first kappa shape index (κ1) is 15.2. The number of carbonyl (C=O) groups excluding carboxylic acids is 1. The highest BCUT2D eigenvalue weighted by molar-refractivity contribution is 6.00. The zero-order chi connectivity index (χ0) is 17.7. The third kappa shape index (κ3) is 2.39. The average Bonchev–Trinajstić information content (AvgIpc) is 3.09. The number of aromatic nitrogens is 2. The maximum atomic E-state index is 12.4. The van der Waals surface area contributed by atoms with E-state index in [-0.39, 0.29) is 11.8 Å². The summed E-state index contributed by atoms with van der Waals surface area (Å²) >= 11 is 0. The van der Waals surface area contributed by atoms with E-state index in [1.807, 2.05) is 36.4 Å². The van der Waals surface area contributed by atoms with Gasteiger partial charge in [-0.2, -0.15) is 0 Å². The van der Waals surface area contributed by atoms with Gasteiger partial charge in [-0.1, -0.05) is 23.8 Å². The van der Waals surface area contributed by atoms with E-state index in [4.69, 9.17) is 9.72 Å². The molecule has 4 bridgehead atoms. The number of hydrogen-bond acceptors (Lipinski definition) is 3. The van der Waals surface area contributed by atoms with Crippen LogP contribution in [0.4, 0.5) is 0 Å². The van der Waals surface area contributed by atoms with Crippen molar-refractivity contribution >= 4 is 16.8 Å². The van der Waals surface area contributed by atoms with Gasteiger partial charge in [-0.3, -0.25) is 4.79 Å². The van der Waals surface area contributed by atoms with Crippen LogP contribution in [0.1, 0.15) is 35.3 Å². The Bertz CT molecular complexity index is 1060. The number of amides is 1. The Labute approximate surface area is 151 Å². The number of benzene rings is 1. The molecule has 2 N–H and O–H groups in total. The molecule has 0 aliphatic carbocycles. The highest BCUT2D eigenvalue weighted by Gasteiger charge is 2.28. The molecule has 5 rings (SSSR count). The third-order valence-electron chi connectivity index (χ3n) is 5.23. The Hall–Kier alpha value is -3.08. The van der Waals surface area contributed by atoms with Crippen LogP contribution in [0.3, 0.4) is 0 Å². The molecule has 2 aliphatic rings. The molecule has 5 heteroatoms. The number of hydrogen-bond donors (Lipinski definition) is 2. The fourth-order valence-electron chi connectivity index (χ4n) is 3.88. The third-order valence-corrected chi connectivity index (χ3v) is 5.23. The molecule has 1 aromatic carbocycles. The molecule has 1 unspecified atom stereocenters. The van der Waals surface area contributed by atoms with Crippen LogP contribution in [-0.4, -0.2) is 29.0 Å². The van der Waals surface area contributed by atoms with Gasteiger partial charge < -0.3 is 15.0 Å². The van der Waals surface area contributed by atoms with E-state index in [1.165, 1.54) is 5.57 Å². The second kappa shape index (κ2) is 5.73. The molecule has 0 radical (unpaired) electrons. The number of pyridine rings is 1. The van der Waals surface area contributed by atoms with Crippen molar-refractivity contribution in [3.8, 4) is 17.1 Å². The molecule has 0 saturated heterocycles. The molecule has 2 aliphatic heterocycles. The Morgan fingerprint density at radius 1 is 1.19 bits per heavy atom. The summed E-state index contributed by atoms with van der Waals surface area (Å²) in [6, 6.07) is 12.0. The Morgan fingerprint density at radius 3 is 3.04 bits per heavy atom. The number of fused-ring (bicyclic) bond motifs is 3. The molecule has 0 spiro atoms. The molecular weight excluding hydrogens is 326 g/mol. The van der Waals surface area contributed by atoms with Crippen molar-refractivity contribution in [3.05, 3.63) is 59.3 Å². The van der Waals surface area contributed by atoms with Crippen molar-refractivity contribution in [1.82, 2.24) is 15.3 Å². The lowest BCUT2D eigenvalue weighted by Crippen LogP contribution is -2.34. The van der Waals surface area contributed by atoms with E-state index in [1.54, 1.807) is 0 Å². The Kier molecular flexibility index (Phi) is 3.35. The second-order valence-electron chi connectivity index (χ2n) is 7.01. The van der Waals surface area contributed by atoms with Crippen LogP contribution >= 0.6 is 0 Å². The van der Waals surface area contributed by atoms with Gasteiger partial charge in [0.05, 0.1) is 11.1 Å². The highest BCUT2D eigenvalue weighted by atomic mass is 16.5. The van der Waals surface area contributed by atoms with Crippen molar-refractivity contribution in [3.63, 3.8) is 0 Å². The summed E-state index contributed by atoms with van der Waals surface area (Å²) in [5.41, 5.74) is 5.79. The predicted octanol–water partition coefficient (Wildman–Crippen LogP) is 3.79. The van der Waals surface area contributed by atoms with Crippen LogP contribution in [0.2, 0.25) is 0 Å². The molecular formula is C21H19N3O2. The van der Waals surface area contributed by atoms with Gasteiger partial charge in [0.2, 0.25) is 5.88 Å². The minimum absolute atomic E-state index is 0.00954. The summed E-state index contributed by atoms with van der Waals surface area (Å²) in [5, 5.41) is 4.06. The van der Waals surface area contributed by atoms with Crippen molar-refractivity contribution in [2.45, 2.75) is 19.3 Å². The largest absolute Gasteiger partial charge is 0.473 e. The SMILES string of the molecule is CC1=CCOc2ccc3cccc(c3n2)-c2cc3c([nH]2)C(CNC3=O)C1. The maximum Gasteiger partial charge on any atom is 0.253 e. The molecule has 2 aromatic heterocycles. The van der Waals surface area contributed by atoms with Crippen molar-refractivity contribution in [1.29, 1.82) is 0 Å². The van der Waals surface area contributed by atoms with Crippen LogP contribution in [0.25, 0.3) is 22.2 Å². The first-order valence-corrected chi connectivity index (χ1v) is 8.89. The van der Waals surface area contributed by atoms with Crippen molar-refractivity contribution < 1.29 is 9.53 Å². The van der Waals surface area contributed by atoms with Gasteiger partial charge in [-0.15, -0.1) is 0 Å². The highest BCUT2D eigenvalue weighted by Crippen LogP contribution is 2.35. The minimum atomic E-state index is -0.00954. The molecule has 1 atom stereocenters. The normalized spacial score (nSPS) is 19.0. The van der Waals surface area contributed by atoms with Gasteiger partial charge in [0, 0.05) is 40.9 Å². The van der Waals surface area contributed by atoms with Crippen LogP contribution in [0.15, 0.2) is 48.0 Å². The van der Waals surface area contributed by atoms with Crippen molar-refractivity contribution in [2.75, 3.05) is 13.2 Å². The number of ether oxygens (including phenoxy) is 1. The van der Waals surface area contributed by atoms with E-state index < -0.39 is 0 Å². The number of rotatable bonds is 0. The molecule has 4 heterocycles. The van der Waals surface area contributed by atoms with Crippen LogP contribution in [-0.2, 0) is 0 Å². The van der Waals surface area contributed by atoms with E-state index in [0.717, 1.165) is 39.8 Å². The minimum Gasteiger partial charge on any atom is -0.473 e. The summed E-state index contributed by atoms with van der Waals surface area (Å²) in [4.78, 5) is 20.6. The van der Waals surface area contributed by atoms with Gasteiger partial charge in [0.15, 0.2) is 0 Å². The van der Waals surface area contributed by atoms with Crippen LogP contribution < -0.4 is 10.1 Å². The molecule has 26 heavy (non-hydrogen) atoms. The number of carbonyl (C=O) groups is 1. The fourth-order valence-corrected chi connectivity index (χ4v) is 3.88. The van der Waals surface area contributed by atoms with Gasteiger partial charge in [-0.05, 0) is 31.6 Å². The van der Waals surface area contributed by atoms with Gasteiger partial charge in [-0.25, -0.2) is 4.98 Å². The topological polar surface area (TPSA) is 67.0 Å². The van der Waals surface area contributed by atoms with E-state index in [9.17, 15) is 4.79 Å².